The van der Waals surface area contributed by atoms with Gasteiger partial charge in [-0.1, -0.05) is 20.8 Å². The van der Waals surface area contributed by atoms with Gasteiger partial charge in [-0.25, -0.2) is 0 Å². The molecule has 0 saturated carbocycles. The lowest BCUT2D eigenvalue weighted by atomic mass is 10.1. The molecule has 0 atom stereocenters. The molecule has 0 aliphatic heterocycles. The van der Waals surface area contributed by atoms with Gasteiger partial charge in [0.15, 0.2) is 0 Å². The Labute approximate surface area is 121 Å². The van der Waals surface area contributed by atoms with Crippen molar-refractivity contribution in [3.63, 3.8) is 0 Å². The fourth-order valence-electron chi connectivity index (χ4n) is 2.40. The predicted octanol–water partition coefficient (Wildman–Crippen LogP) is 3.67. The van der Waals surface area contributed by atoms with Crippen LogP contribution in [0.4, 0.5) is 0 Å². The lowest BCUT2D eigenvalue weighted by molar-refractivity contribution is 0.473. The van der Waals surface area contributed by atoms with E-state index >= 15 is 0 Å². The molecule has 20 heavy (non-hydrogen) atoms. The van der Waals surface area contributed by atoms with Gasteiger partial charge in [0.25, 0.3) is 0 Å². The normalized spacial score (nSPS) is 11.5. The van der Waals surface area contributed by atoms with Crippen molar-refractivity contribution in [2.24, 2.45) is 0 Å². The van der Waals surface area contributed by atoms with Crippen LogP contribution in [-0.4, -0.2) is 15.8 Å². The van der Waals surface area contributed by atoms with Crippen LogP contribution in [0.15, 0.2) is 16.5 Å². The summed E-state index contributed by atoms with van der Waals surface area (Å²) in [5, 5.41) is 7.97. The van der Waals surface area contributed by atoms with Crippen LogP contribution >= 0.6 is 0 Å². The van der Waals surface area contributed by atoms with Crippen molar-refractivity contribution in [1.82, 2.24) is 15.1 Å². The highest BCUT2D eigenvalue weighted by molar-refractivity contribution is 5.63. The maximum Gasteiger partial charge on any atom is 0.138 e. The number of hydrogen-bond acceptors (Lipinski definition) is 3. The minimum Gasteiger partial charge on any atom is -0.460 e. The summed E-state index contributed by atoms with van der Waals surface area (Å²) < 4.78 is 8.03. The molecule has 2 heterocycles. The molecule has 0 aliphatic carbocycles. The molecule has 0 spiro atoms. The first-order chi connectivity index (χ1) is 9.52. The average Bonchev–Trinajstić information content (AvgIpc) is 2.93. The summed E-state index contributed by atoms with van der Waals surface area (Å²) in [5.74, 6) is 1.89. The van der Waals surface area contributed by atoms with E-state index in [-0.39, 0.29) is 0 Å². The molecule has 0 amide bonds. The first-order valence-electron chi connectivity index (χ1n) is 7.39. The summed E-state index contributed by atoms with van der Waals surface area (Å²) >= 11 is 0. The Balaban J connectivity index is 2.23. The second kappa shape index (κ2) is 6.27. The van der Waals surface area contributed by atoms with E-state index in [0.29, 0.717) is 6.04 Å². The van der Waals surface area contributed by atoms with Crippen molar-refractivity contribution >= 4 is 0 Å². The van der Waals surface area contributed by atoms with Gasteiger partial charge in [0.2, 0.25) is 0 Å². The van der Waals surface area contributed by atoms with Gasteiger partial charge in [-0.15, -0.1) is 0 Å². The van der Waals surface area contributed by atoms with Gasteiger partial charge in [-0.3, -0.25) is 4.68 Å². The minimum atomic E-state index is 0.458. The molecule has 110 valence electrons. The third-order valence-electron chi connectivity index (χ3n) is 3.41. The van der Waals surface area contributed by atoms with Crippen LogP contribution in [0.2, 0.25) is 0 Å². The van der Waals surface area contributed by atoms with Gasteiger partial charge < -0.3 is 9.73 Å². The monoisotopic (exact) mass is 275 g/mol. The summed E-state index contributed by atoms with van der Waals surface area (Å²) in [4.78, 5) is 0. The van der Waals surface area contributed by atoms with Crippen LogP contribution in [0, 0.1) is 13.8 Å². The SMILES string of the molecule is CCCn1nc(C)c(-c2ccc(CNC(C)C)o2)c1C. The van der Waals surface area contributed by atoms with Crippen molar-refractivity contribution in [2.75, 3.05) is 0 Å². The van der Waals surface area contributed by atoms with Crippen LogP contribution in [0.3, 0.4) is 0 Å². The molecule has 2 aromatic rings. The molecule has 2 aromatic heterocycles. The van der Waals surface area contributed by atoms with E-state index < -0.39 is 0 Å². The smallest absolute Gasteiger partial charge is 0.138 e. The van der Waals surface area contributed by atoms with E-state index in [4.69, 9.17) is 4.42 Å². The third-order valence-corrected chi connectivity index (χ3v) is 3.41. The van der Waals surface area contributed by atoms with Crippen LogP contribution in [0.25, 0.3) is 11.3 Å². The molecular weight excluding hydrogens is 250 g/mol. The molecule has 4 nitrogen and oxygen atoms in total. The van der Waals surface area contributed by atoms with E-state index in [2.05, 4.69) is 42.8 Å². The van der Waals surface area contributed by atoms with Crippen molar-refractivity contribution in [2.45, 2.75) is 60.2 Å². The number of rotatable bonds is 6. The number of furan rings is 1. The number of aryl methyl sites for hydroxylation is 2. The second-order valence-electron chi connectivity index (χ2n) is 5.57. The molecule has 4 heteroatoms. The molecule has 1 N–H and O–H groups in total. The lowest BCUT2D eigenvalue weighted by Crippen LogP contribution is -2.21. The van der Waals surface area contributed by atoms with E-state index in [0.717, 1.165) is 42.3 Å². The van der Waals surface area contributed by atoms with Crippen molar-refractivity contribution < 1.29 is 4.42 Å². The van der Waals surface area contributed by atoms with Crippen LogP contribution in [-0.2, 0) is 13.1 Å². The Hall–Kier alpha value is -1.55. The fraction of sp³-hybridized carbons (Fsp3) is 0.562. The van der Waals surface area contributed by atoms with E-state index in [9.17, 15) is 0 Å². The topological polar surface area (TPSA) is 43.0 Å². The number of nitrogens with one attached hydrogen (secondary N) is 1. The van der Waals surface area contributed by atoms with Gasteiger partial charge in [0, 0.05) is 18.3 Å². The first-order valence-corrected chi connectivity index (χ1v) is 7.39. The minimum absolute atomic E-state index is 0.458. The Morgan fingerprint density at radius 1 is 1.30 bits per heavy atom. The number of hydrogen-bond donors (Lipinski definition) is 1. The lowest BCUT2D eigenvalue weighted by Gasteiger charge is -2.05. The summed E-state index contributed by atoms with van der Waals surface area (Å²) in [6.07, 6.45) is 1.09. The highest BCUT2D eigenvalue weighted by atomic mass is 16.3. The molecule has 0 unspecified atom stereocenters. The largest absolute Gasteiger partial charge is 0.460 e. The summed E-state index contributed by atoms with van der Waals surface area (Å²) in [7, 11) is 0. The zero-order valence-electron chi connectivity index (χ0n) is 13.2. The highest BCUT2D eigenvalue weighted by Gasteiger charge is 2.16. The summed E-state index contributed by atoms with van der Waals surface area (Å²) in [6.45, 7) is 12.3. The zero-order valence-corrected chi connectivity index (χ0v) is 13.2. The molecule has 0 saturated heterocycles. The Kier molecular flexibility index (Phi) is 4.65. The van der Waals surface area contributed by atoms with Crippen LogP contribution in [0.5, 0.6) is 0 Å². The fourth-order valence-corrected chi connectivity index (χ4v) is 2.40. The Morgan fingerprint density at radius 3 is 2.70 bits per heavy atom. The van der Waals surface area contributed by atoms with E-state index in [1.807, 2.05) is 19.1 Å². The summed E-state index contributed by atoms with van der Waals surface area (Å²) in [6, 6.07) is 4.55. The molecule has 2 rings (SSSR count). The van der Waals surface area contributed by atoms with E-state index in [1.54, 1.807) is 0 Å². The van der Waals surface area contributed by atoms with Gasteiger partial charge in [-0.05, 0) is 32.4 Å². The average molecular weight is 275 g/mol. The molecule has 0 fully saturated rings. The second-order valence-corrected chi connectivity index (χ2v) is 5.57. The maximum absolute atomic E-state index is 5.96. The van der Waals surface area contributed by atoms with Crippen molar-refractivity contribution in [3.05, 3.63) is 29.3 Å². The van der Waals surface area contributed by atoms with Crippen LogP contribution in [0.1, 0.15) is 44.3 Å². The van der Waals surface area contributed by atoms with Crippen LogP contribution < -0.4 is 5.32 Å². The molecule has 0 radical (unpaired) electrons. The standard InChI is InChI=1S/C16H25N3O/c1-6-9-19-13(5)16(12(4)18-19)15-8-7-14(20-15)10-17-11(2)3/h7-8,11,17H,6,9-10H2,1-5H3. The molecular formula is C16H25N3O. The molecule has 0 aliphatic rings. The third kappa shape index (κ3) is 3.12. The predicted molar refractivity (Wildman–Crippen MR) is 81.7 cm³/mol. The van der Waals surface area contributed by atoms with Gasteiger partial charge in [0.1, 0.15) is 11.5 Å². The quantitative estimate of drug-likeness (QED) is 0.874. The Bertz CT molecular complexity index is 566. The van der Waals surface area contributed by atoms with E-state index in [1.165, 1.54) is 5.69 Å². The first kappa shape index (κ1) is 14.9. The maximum atomic E-state index is 5.96. The number of nitrogens with zero attached hydrogens (tertiary/aromatic N) is 2. The Morgan fingerprint density at radius 2 is 2.05 bits per heavy atom. The van der Waals surface area contributed by atoms with Crippen molar-refractivity contribution in [1.29, 1.82) is 0 Å². The highest BCUT2D eigenvalue weighted by Crippen LogP contribution is 2.28. The summed E-state index contributed by atoms with van der Waals surface area (Å²) in [5.41, 5.74) is 3.35. The zero-order chi connectivity index (χ0) is 14.7. The van der Waals surface area contributed by atoms with Gasteiger partial charge in [-0.2, -0.15) is 5.10 Å². The molecule has 0 aromatic carbocycles. The van der Waals surface area contributed by atoms with Gasteiger partial charge in [0.05, 0.1) is 17.8 Å². The van der Waals surface area contributed by atoms with Crippen molar-refractivity contribution in [3.8, 4) is 11.3 Å². The van der Waals surface area contributed by atoms with Gasteiger partial charge >= 0.3 is 0 Å². The molecule has 0 bridgehead atoms. The number of aromatic nitrogens is 2.